The molecule has 0 radical (unpaired) electrons. The van der Waals surface area contributed by atoms with Gasteiger partial charge in [-0.1, -0.05) is 30.7 Å². The van der Waals surface area contributed by atoms with Crippen molar-refractivity contribution in [3.05, 3.63) is 24.3 Å². The first-order chi connectivity index (χ1) is 7.39. The second kappa shape index (κ2) is 9.08. The first-order valence-corrected chi connectivity index (χ1v) is 6.89. The van der Waals surface area contributed by atoms with Gasteiger partial charge in [0, 0.05) is 5.25 Å². The Morgan fingerprint density at radius 1 is 0.733 bits per heavy atom. The molecule has 0 N–H and O–H groups in total. The maximum absolute atomic E-state index is 4.60. The molecule has 0 bridgehead atoms. The van der Waals surface area contributed by atoms with Gasteiger partial charge in [-0.3, -0.25) is 0 Å². The molecule has 0 aliphatic heterocycles. The van der Waals surface area contributed by atoms with Crippen LogP contribution in [0.5, 0.6) is 0 Å². The van der Waals surface area contributed by atoms with Gasteiger partial charge in [0.25, 0.3) is 0 Å². The normalized spacial score (nSPS) is 26.1. The van der Waals surface area contributed by atoms with Crippen LogP contribution in [0.3, 0.4) is 0 Å². The van der Waals surface area contributed by atoms with Crippen LogP contribution in [0, 0.1) is 0 Å². The third-order valence-electron chi connectivity index (χ3n) is 2.89. The van der Waals surface area contributed by atoms with E-state index in [0.717, 1.165) is 6.42 Å². The summed E-state index contributed by atoms with van der Waals surface area (Å²) in [5.74, 6) is 0. The zero-order valence-corrected chi connectivity index (χ0v) is 10.6. The van der Waals surface area contributed by atoms with Crippen molar-refractivity contribution in [2.75, 3.05) is 0 Å². The van der Waals surface area contributed by atoms with E-state index in [0.29, 0.717) is 5.25 Å². The lowest BCUT2D eigenvalue weighted by Gasteiger charge is -2.07. The summed E-state index contributed by atoms with van der Waals surface area (Å²) in [5, 5.41) is 0.577. The van der Waals surface area contributed by atoms with Gasteiger partial charge in [-0.05, 0) is 51.4 Å². The molecule has 1 heteroatoms. The fourth-order valence-corrected chi connectivity index (χ4v) is 2.20. The van der Waals surface area contributed by atoms with E-state index < -0.39 is 0 Å². The van der Waals surface area contributed by atoms with Gasteiger partial charge in [0.05, 0.1) is 0 Å². The zero-order valence-electron chi connectivity index (χ0n) is 9.70. The molecule has 86 valence electrons. The van der Waals surface area contributed by atoms with Crippen molar-refractivity contribution >= 4 is 12.6 Å². The monoisotopic (exact) mass is 224 g/mol. The van der Waals surface area contributed by atoms with Crippen molar-refractivity contribution in [1.29, 1.82) is 0 Å². The molecule has 0 fully saturated rings. The fourth-order valence-electron chi connectivity index (χ4n) is 1.89. The summed E-state index contributed by atoms with van der Waals surface area (Å²) >= 11 is 4.60. The summed E-state index contributed by atoms with van der Waals surface area (Å²) in [7, 11) is 0. The zero-order chi connectivity index (χ0) is 10.8. The molecule has 0 saturated heterocycles. The number of hydrogen-bond acceptors (Lipinski definition) is 1. The largest absolute Gasteiger partial charge is 0.176 e. The van der Waals surface area contributed by atoms with E-state index in [-0.39, 0.29) is 0 Å². The lowest BCUT2D eigenvalue weighted by molar-refractivity contribution is 0.662. The van der Waals surface area contributed by atoms with Crippen molar-refractivity contribution in [3.8, 4) is 0 Å². The average molecular weight is 224 g/mol. The highest BCUT2D eigenvalue weighted by Gasteiger charge is 1.99. The molecule has 1 atom stereocenters. The molecule has 0 saturated carbocycles. The lowest BCUT2D eigenvalue weighted by Crippen LogP contribution is -1.96. The van der Waals surface area contributed by atoms with Crippen molar-refractivity contribution in [2.24, 2.45) is 0 Å². The van der Waals surface area contributed by atoms with Crippen LogP contribution in [0.1, 0.15) is 57.8 Å². The lowest BCUT2D eigenvalue weighted by atomic mass is 10.1. The van der Waals surface area contributed by atoms with Gasteiger partial charge in [0.2, 0.25) is 0 Å². The van der Waals surface area contributed by atoms with Gasteiger partial charge in [-0.15, -0.1) is 0 Å². The highest BCUT2D eigenvalue weighted by Crippen LogP contribution is 2.14. The summed E-state index contributed by atoms with van der Waals surface area (Å²) < 4.78 is 0. The second-order valence-electron chi connectivity index (χ2n) is 4.40. The van der Waals surface area contributed by atoms with Crippen molar-refractivity contribution in [2.45, 2.75) is 63.0 Å². The van der Waals surface area contributed by atoms with Crippen LogP contribution in [0.25, 0.3) is 0 Å². The molecule has 15 heavy (non-hydrogen) atoms. The standard InChI is InChI=1S/C14H24S/c15-14-12-10-8-6-4-2-1-3-5-7-9-11-13-14/h2,4,9,11,14-15H,1,3,5-8,10,12-13H2. The summed E-state index contributed by atoms with van der Waals surface area (Å²) in [6.45, 7) is 0. The molecule has 0 aromatic rings. The van der Waals surface area contributed by atoms with Crippen LogP contribution in [-0.2, 0) is 0 Å². The highest BCUT2D eigenvalue weighted by molar-refractivity contribution is 7.80. The van der Waals surface area contributed by atoms with Crippen molar-refractivity contribution < 1.29 is 0 Å². The first-order valence-electron chi connectivity index (χ1n) is 6.37. The van der Waals surface area contributed by atoms with Crippen molar-refractivity contribution in [3.63, 3.8) is 0 Å². The van der Waals surface area contributed by atoms with E-state index in [1.807, 2.05) is 0 Å². The van der Waals surface area contributed by atoms with E-state index in [1.54, 1.807) is 0 Å². The van der Waals surface area contributed by atoms with Gasteiger partial charge < -0.3 is 0 Å². The second-order valence-corrected chi connectivity index (χ2v) is 5.13. The van der Waals surface area contributed by atoms with Gasteiger partial charge in [-0.2, -0.15) is 12.6 Å². The molecule has 0 nitrogen and oxygen atoms in total. The van der Waals surface area contributed by atoms with E-state index in [9.17, 15) is 0 Å². The number of hydrogen-bond donors (Lipinski definition) is 1. The number of allylic oxidation sites excluding steroid dienone is 4. The molecule has 0 aromatic carbocycles. The van der Waals surface area contributed by atoms with Crippen LogP contribution < -0.4 is 0 Å². The summed E-state index contributed by atoms with van der Waals surface area (Å²) in [5.41, 5.74) is 0. The number of rotatable bonds is 0. The van der Waals surface area contributed by atoms with Crippen LogP contribution in [0.2, 0.25) is 0 Å². The van der Waals surface area contributed by atoms with Crippen LogP contribution in [0.4, 0.5) is 0 Å². The topological polar surface area (TPSA) is 0 Å². The molecule has 0 amide bonds. The van der Waals surface area contributed by atoms with Crippen LogP contribution in [0.15, 0.2) is 24.3 Å². The van der Waals surface area contributed by atoms with Crippen LogP contribution in [-0.4, -0.2) is 5.25 Å². The molecule has 1 unspecified atom stereocenters. The SMILES string of the molecule is SC1CC=CCCCCC=CCCCC1. The van der Waals surface area contributed by atoms with E-state index in [1.165, 1.54) is 51.4 Å². The minimum Gasteiger partial charge on any atom is -0.176 e. The molecule has 0 spiro atoms. The summed E-state index contributed by atoms with van der Waals surface area (Å²) in [4.78, 5) is 0. The third kappa shape index (κ3) is 7.72. The quantitative estimate of drug-likeness (QED) is 0.438. The highest BCUT2D eigenvalue weighted by atomic mass is 32.1. The Hall–Kier alpha value is -0.170. The molecular formula is C14H24S. The maximum atomic E-state index is 4.60. The predicted octanol–water partition coefficient (Wildman–Crippen LogP) is 4.92. The van der Waals surface area contributed by atoms with E-state index >= 15 is 0 Å². The molecule has 1 aliphatic carbocycles. The van der Waals surface area contributed by atoms with E-state index in [2.05, 4.69) is 36.9 Å². The summed E-state index contributed by atoms with van der Waals surface area (Å²) in [6.07, 6.45) is 20.9. The van der Waals surface area contributed by atoms with E-state index in [4.69, 9.17) is 0 Å². The smallest absolute Gasteiger partial charge is 0.00513 e. The minimum atomic E-state index is 0.577. The van der Waals surface area contributed by atoms with Crippen LogP contribution >= 0.6 is 12.6 Å². The Morgan fingerprint density at radius 3 is 1.93 bits per heavy atom. The Morgan fingerprint density at radius 2 is 1.27 bits per heavy atom. The fraction of sp³-hybridized carbons (Fsp3) is 0.714. The Kier molecular flexibility index (Phi) is 7.81. The molecule has 0 heterocycles. The molecule has 0 aromatic heterocycles. The first kappa shape index (κ1) is 12.9. The molecular weight excluding hydrogens is 200 g/mol. The summed E-state index contributed by atoms with van der Waals surface area (Å²) in [6, 6.07) is 0. The average Bonchev–Trinajstić information content (AvgIpc) is 2.24. The molecule has 1 aliphatic rings. The van der Waals surface area contributed by atoms with Gasteiger partial charge in [0.15, 0.2) is 0 Å². The third-order valence-corrected chi connectivity index (χ3v) is 3.36. The Labute approximate surface area is 100 Å². The predicted molar refractivity (Wildman–Crippen MR) is 72.6 cm³/mol. The van der Waals surface area contributed by atoms with Crippen molar-refractivity contribution in [1.82, 2.24) is 0 Å². The number of thiol groups is 1. The molecule has 1 rings (SSSR count). The Balaban J connectivity index is 2.26. The van der Waals surface area contributed by atoms with Gasteiger partial charge in [-0.25, -0.2) is 0 Å². The minimum absolute atomic E-state index is 0.577. The van der Waals surface area contributed by atoms with Gasteiger partial charge in [0.1, 0.15) is 0 Å². The maximum Gasteiger partial charge on any atom is 0.00513 e. The Bertz CT molecular complexity index is 194. The van der Waals surface area contributed by atoms with Gasteiger partial charge >= 0.3 is 0 Å².